The minimum atomic E-state index is -1.04. The Bertz CT molecular complexity index is 1670. The van der Waals surface area contributed by atoms with E-state index in [0.717, 1.165) is 5.56 Å². The second kappa shape index (κ2) is 12.9. The highest BCUT2D eigenvalue weighted by Gasteiger charge is 2.33. The van der Waals surface area contributed by atoms with Gasteiger partial charge in [-0.25, -0.2) is 4.68 Å². The van der Waals surface area contributed by atoms with Gasteiger partial charge in [0.15, 0.2) is 0 Å². The Morgan fingerprint density at radius 2 is 1.60 bits per heavy atom. The molecule has 5 rings (SSSR count). The second-order valence-corrected chi connectivity index (χ2v) is 10.1. The maximum atomic E-state index is 14.2. The first-order valence-electron chi connectivity index (χ1n) is 13.6. The van der Waals surface area contributed by atoms with Crippen molar-refractivity contribution in [2.75, 3.05) is 10.2 Å². The van der Waals surface area contributed by atoms with Crippen molar-refractivity contribution in [3.05, 3.63) is 115 Å². The number of nitrogens with zero attached hydrogens (tertiary/aromatic N) is 5. The number of fused-ring (bicyclic) bond motifs is 1. The smallest absolute Gasteiger partial charge is 0.249 e. The van der Waals surface area contributed by atoms with E-state index in [1.54, 1.807) is 48.8 Å². The molecular formula is C32H31N7O3. The monoisotopic (exact) mass is 561 g/mol. The second-order valence-electron chi connectivity index (χ2n) is 10.1. The zero-order valence-corrected chi connectivity index (χ0v) is 23.3. The summed E-state index contributed by atoms with van der Waals surface area (Å²) in [5.74, 6) is -1.07. The lowest BCUT2D eigenvalue weighted by Crippen LogP contribution is -2.45. The van der Waals surface area contributed by atoms with Crippen molar-refractivity contribution in [2.45, 2.75) is 33.0 Å². The minimum absolute atomic E-state index is 0.123. The van der Waals surface area contributed by atoms with Crippen molar-refractivity contribution >= 4 is 40.1 Å². The number of nitrogens with one attached hydrogen (secondary N) is 2. The number of hydrogen-bond acceptors (Lipinski definition) is 6. The van der Waals surface area contributed by atoms with Gasteiger partial charge in [-0.3, -0.25) is 24.3 Å². The number of amides is 3. The number of carbonyl (C=O) groups is 3. The first-order valence-corrected chi connectivity index (χ1v) is 13.6. The van der Waals surface area contributed by atoms with Crippen molar-refractivity contribution in [3.63, 3.8) is 0 Å². The Morgan fingerprint density at radius 1 is 0.857 bits per heavy atom. The molecule has 212 valence electrons. The van der Waals surface area contributed by atoms with Crippen LogP contribution in [0.15, 0.2) is 103 Å². The standard InChI is InChI=1S/C32H31N7O3/c1-22(2)31(41)35-25-14-16-26(17-15-25)39(29(40)21-38-28-13-7-6-12-27(28)36-37-38)30(24-11-8-18-33-20-24)32(42)34-19-23-9-4-3-5-10-23/h3-18,20,22,30H,19,21H2,1-2H3,(H,34,42)(H,35,41). The normalized spacial score (nSPS) is 11.7. The van der Waals surface area contributed by atoms with Gasteiger partial charge in [0.2, 0.25) is 17.7 Å². The molecule has 1 unspecified atom stereocenters. The Balaban J connectivity index is 1.53. The van der Waals surface area contributed by atoms with Crippen LogP contribution in [-0.2, 0) is 27.5 Å². The first-order chi connectivity index (χ1) is 20.4. The van der Waals surface area contributed by atoms with Gasteiger partial charge in [-0.1, -0.05) is 67.6 Å². The molecule has 1 atom stereocenters. The fourth-order valence-corrected chi connectivity index (χ4v) is 4.50. The molecule has 2 heterocycles. The quantitative estimate of drug-likeness (QED) is 0.259. The lowest BCUT2D eigenvalue weighted by Gasteiger charge is -2.31. The van der Waals surface area contributed by atoms with Gasteiger partial charge in [-0.15, -0.1) is 5.10 Å². The molecule has 10 nitrogen and oxygen atoms in total. The average molecular weight is 562 g/mol. The summed E-state index contributed by atoms with van der Waals surface area (Å²) in [5.41, 5.74) is 3.87. The van der Waals surface area contributed by atoms with E-state index in [2.05, 4.69) is 25.9 Å². The molecule has 0 aliphatic carbocycles. The van der Waals surface area contributed by atoms with Crippen LogP contribution in [0.25, 0.3) is 11.0 Å². The maximum absolute atomic E-state index is 14.2. The summed E-state index contributed by atoms with van der Waals surface area (Å²) in [6.45, 7) is 3.75. The summed E-state index contributed by atoms with van der Waals surface area (Å²) in [5, 5.41) is 14.2. The summed E-state index contributed by atoms with van der Waals surface area (Å²) < 4.78 is 1.52. The van der Waals surface area contributed by atoms with Crippen LogP contribution >= 0.6 is 0 Å². The molecule has 2 aromatic heterocycles. The molecule has 0 aliphatic rings. The number of anilines is 2. The molecule has 0 spiro atoms. The molecule has 10 heteroatoms. The predicted octanol–water partition coefficient (Wildman–Crippen LogP) is 4.51. The van der Waals surface area contributed by atoms with E-state index in [9.17, 15) is 14.4 Å². The highest BCUT2D eigenvalue weighted by Crippen LogP contribution is 2.30. The third-order valence-corrected chi connectivity index (χ3v) is 6.73. The number of carbonyl (C=O) groups excluding carboxylic acids is 3. The molecule has 0 bridgehead atoms. The Kier molecular flexibility index (Phi) is 8.62. The zero-order chi connectivity index (χ0) is 29.5. The SMILES string of the molecule is CC(C)C(=O)Nc1ccc(N(C(=O)Cn2nnc3ccccc32)C(C(=O)NCc2ccccc2)c2cccnc2)cc1. The van der Waals surface area contributed by atoms with Gasteiger partial charge in [0.25, 0.3) is 0 Å². The van der Waals surface area contributed by atoms with Gasteiger partial charge in [-0.2, -0.15) is 0 Å². The van der Waals surface area contributed by atoms with Crippen molar-refractivity contribution in [1.82, 2.24) is 25.3 Å². The molecule has 0 fully saturated rings. The highest BCUT2D eigenvalue weighted by molar-refractivity contribution is 6.02. The number of aromatic nitrogens is 4. The molecule has 3 aromatic carbocycles. The number of pyridine rings is 1. The fraction of sp³-hybridized carbons (Fsp3) is 0.188. The molecule has 0 saturated carbocycles. The first kappa shape index (κ1) is 28.2. The van der Waals surface area contributed by atoms with E-state index in [-0.39, 0.29) is 36.7 Å². The zero-order valence-electron chi connectivity index (χ0n) is 23.3. The maximum Gasteiger partial charge on any atom is 0.249 e. The molecule has 0 radical (unpaired) electrons. The van der Waals surface area contributed by atoms with Gasteiger partial charge in [0, 0.05) is 41.8 Å². The Hall–Kier alpha value is -5.38. The van der Waals surface area contributed by atoms with Crippen molar-refractivity contribution in [2.24, 2.45) is 5.92 Å². The van der Waals surface area contributed by atoms with Gasteiger partial charge in [0.05, 0.1) is 5.52 Å². The van der Waals surface area contributed by atoms with Crippen LogP contribution in [-0.4, -0.2) is 37.7 Å². The van der Waals surface area contributed by atoms with Crippen molar-refractivity contribution in [1.29, 1.82) is 0 Å². The third kappa shape index (κ3) is 6.49. The largest absolute Gasteiger partial charge is 0.350 e. The van der Waals surface area contributed by atoms with Crippen LogP contribution in [0, 0.1) is 5.92 Å². The van der Waals surface area contributed by atoms with E-state index in [1.165, 1.54) is 9.58 Å². The van der Waals surface area contributed by atoms with Gasteiger partial charge in [0.1, 0.15) is 18.1 Å². The molecular weight excluding hydrogens is 530 g/mol. The van der Waals surface area contributed by atoms with Gasteiger partial charge < -0.3 is 10.6 Å². The predicted molar refractivity (Wildman–Crippen MR) is 160 cm³/mol. The van der Waals surface area contributed by atoms with E-state index < -0.39 is 6.04 Å². The summed E-state index contributed by atoms with van der Waals surface area (Å²) in [6, 6.07) is 26.2. The topological polar surface area (TPSA) is 122 Å². The van der Waals surface area contributed by atoms with Crippen molar-refractivity contribution < 1.29 is 14.4 Å². The van der Waals surface area contributed by atoms with Crippen LogP contribution in [0.1, 0.15) is 31.0 Å². The molecule has 3 amide bonds. The minimum Gasteiger partial charge on any atom is -0.350 e. The summed E-state index contributed by atoms with van der Waals surface area (Å²) in [7, 11) is 0. The van der Waals surface area contributed by atoms with E-state index >= 15 is 0 Å². The average Bonchev–Trinajstić information content (AvgIpc) is 3.42. The van der Waals surface area contributed by atoms with Crippen LogP contribution in [0.2, 0.25) is 0 Å². The molecule has 42 heavy (non-hydrogen) atoms. The Morgan fingerprint density at radius 3 is 2.31 bits per heavy atom. The van der Waals surface area contributed by atoms with Crippen LogP contribution in [0.5, 0.6) is 0 Å². The van der Waals surface area contributed by atoms with Gasteiger partial charge >= 0.3 is 0 Å². The number of benzene rings is 3. The number of para-hydroxylation sites is 1. The summed E-state index contributed by atoms with van der Waals surface area (Å²) in [6.07, 6.45) is 3.19. The van der Waals surface area contributed by atoms with Crippen LogP contribution in [0.3, 0.4) is 0 Å². The molecule has 0 saturated heterocycles. The van der Waals surface area contributed by atoms with Gasteiger partial charge in [-0.05, 0) is 48.0 Å². The van der Waals surface area contributed by atoms with E-state index in [0.29, 0.717) is 28.0 Å². The molecule has 0 aliphatic heterocycles. The lowest BCUT2D eigenvalue weighted by molar-refractivity contribution is -0.127. The third-order valence-electron chi connectivity index (χ3n) is 6.73. The number of hydrogen-bond donors (Lipinski definition) is 2. The van der Waals surface area contributed by atoms with Crippen molar-refractivity contribution in [3.8, 4) is 0 Å². The number of rotatable bonds is 10. The molecule has 2 N–H and O–H groups in total. The van der Waals surface area contributed by atoms with Crippen LogP contribution in [0.4, 0.5) is 11.4 Å². The summed E-state index contributed by atoms with van der Waals surface area (Å²) >= 11 is 0. The fourth-order valence-electron chi connectivity index (χ4n) is 4.50. The van der Waals surface area contributed by atoms with Crippen LogP contribution < -0.4 is 15.5 Å². The van der Waals surface area contributed by atoms with E-state index in [4.69, 9.17) is 0 Å². The molecule has 5 aromatic rings. The highest BCUT2D eigenvalue weighted by atomic mass is 16.2. The summed E-state index contributed by atoms with van der Waals surface area (Å²) in [4.78, 5) is 46.0. The lowest BCUT2D eigenvalue weighted by atomic mass is 10.0. The Labute approximate surface area is 243 Å². The van der Waals surface area contributed by atoms with E-state index in [1.807, 2.05) is 68.4 Å².